The molecule has 1 amide bonds. The van der Waals surface area contributed by atoms with Gasteiger partial charge < -0.3 is 11.1 Å². The predicted molar refractivity (Wildman–Crippen MR) is 67.4 cm³/mol. The molecule has 2 rings (SSSR count). The van der Waals surface area contributed by atoms with Crippen molar-refractivity contribution < 1.29 is 4.79 Å². The van der Waals surface area contributed by atoms with Gasteiger partial charge in [0.15, 0.2) is 0 Å². The summed E-state index contributed by atoms with van der Waals surface area (Å²) in [5.41, 5.74) is 5.82. The number of amides is 1. The van der Waals surface area contributed by atoms with E-state index in [9.17, 15) is 4.79 Å². The van der Waals surface area contributed by atoms with Crippen molar-refractivity contribution in [3.8, 4) is 0 Å². The van der Waals surface area contributed by atoms with Crippen LogP contribution in [-0.4, -0.2) is 18.0 Å². The van der Waals surface area contributed by atoms with Crippen LogP contribution in [0.3, 0.4) is 0 Å². The Morgan fingerprint density at radius 3 is 2.44 bits per heavy atom. The van der Waals surface area contributed by atoms with Crippen LogP contribution in [-0.2, 0) is 4.79 Å². The fourth-order valence-corrected chi connectivity index (χ4v) is 3.00. The average molecular weight is 247 g/mol. The fourth-order valence-electron chi connectivity index (χ4n) is 3.00. The van der Waals surface area contributed by atoms with Gasteiger partial charge in [-0.2, -0.15) is 0 Å². The van der Waals surface area contributed by atoms with Gasteiger partial charge in [-0.05, 0) is 37.0 Å². The molecular formula is C12H23ClN2O. The summed E-state index contributed by atoms with van der Waals surface area (Å²) in [6.45, 7) is 3.98. The highest BCUT2D eigenvalue weighted by atomic mass is 35.5. The number of nitrogens with two attached hydrogens (primary N) is 1. The minimum absolute atomic E-state index is 0. The molecule has 2 aliphatic carbocycles. The van der Waals surface area contributed by atoms with E-state index in [1.165, 1.54) is 25.7 Å². The van der Waals surface area contributed by atoms with E-state index in [0.29, 0.717) is 6.04 Å². The van der Waals surface area contributed by atoms with Crippen molar-refractivity contribution in [3.63, 3.8) is 0 Å². The number of fused-ring (bicyclic) bond motifs is 2. The predicted octanol–water partition coefficient (Wildman–Crippen LogP) is 1.70. The standard InChI is InChI=1S/C12H22N2O.ClH/c1-7(2)11(13)12(15)14-10-6-8-3-4-9(10)5-8;/h7-11H,3-6,13H2,1-2H3,(H,14,15);1H/t8?,9?,10?,11-;/m1./s1. The Bertz CT molecular complexity index is 257. The maximum Gasteiger partial charge on any atom is 0.237 e. The molecule has 0 aromatic carbocycles. The number of hydrogen-bond acceptors (Lipinski definition) is 2. The van der Waals surface area contributed by atoms with Gasteiger partial charge in [0.05, 0.1) is 6.04 Å². The molecule has 16 heavy (non-hydrogen) atoms. The van der Waals surface area contributed by atoms with Gasteiger partial charge in [-0.15, -0.1) is 12.4 Å². The molecule has 2 fully saturated rings. The maximum atomic E-state index is 11.8. The monoisotopic (exact) mass is 246 g/mol. The highest BCUT2D eigenvalue weighted by molar-refractivity contribution is 5.85. The molecule has 4 heteroatoms. The van der Waals surface area contributed by atoms with Crippen molar-refractivity contribution in [2.24, 2.45) is 23.5 Å². The van der Waals surface area contributed by atoms with E-state index in [1.807, 2.05) is 13.8 Å². The van der Waals surface area contributed by atoms with Crippen LogP contribution in [0, 0.1) is 17.8 Å². The molecule has 94 valence electrons. The summed E-state index contributed by atoms with van der Waals surface area (Å²) in [4.78, 5) is 11.8. The second-order valence-corrected chi connectivity index (χ2v) is 5.56. The summed E-state index contributed by atoms with van der Waals surface area (Å²) in [6.07, 6.45) is 5.17. The van der Waals surface area contributed by atoms with Crippen LogP contribution >= 0.6 is 12.4 Å². The van der Waals surface area contributed by atoms with E-state index in [-0.39, 0.29) is 30.3 Å². The first-order chi connectivity index (χ1) is 7.08. The molecule has 2 bridgehead atoms. The van der Waals surface area contributed by atoms with Gasteiger partial charge in [0, 0.05) is 6.04 Å². The number of carbonyl (C=O) groups excluding carboxylic acids is 1. The molecule has 0 spiro atoms. The zero-order valence-corrected chi connectivity index (χ0v) is 10.9. The lowest BCUT2D eigenvalue weighted by atomic mass is 9.94. The smallest absolute Gasteiger partial charge is 0.237 e. The molecular weight excluding hydrogens is 224 g/mol. The maximum absolute atomic E-state index is 11.8. The largest absolute Gasteiger partial charge is 0.352 e. The third-order valence-electron chi connectivity index (χ3n) is 4.09. The van der Waals surface area contributed by atoms with Gasteiger partial charge in [0.1, 0.15) is 0 Å². The Hall–Kier alpha value is -0.280. The Kier molecular flexibility index (Phi) is 4.62. The number of nitrogens with one attached hydrogen (secondary N) is 1. The van der Waals surface area contributed by atoms with Crippen molar-refractivity contribution >= 4 is 18.3 Å². The van der Waals surface area contributed by atoms with E-state index < -0.39 is 0 Å². The zero-order chi connectivity index (χ0) is 11.0. The lowest BCUT2D eigenvalue weighted by molar-refractivity contribution is -0.124. The van der Waals surface area contributed by atoms with E-state index >= 15 is 0 Å². The molecule has 0 saturated heterocycles. The van der Waals surface area contributed by atoms with Crippen LogP contribution < -0.4 is 11.1 Å². The summed E-state index contributed by atoms with van der Waals surface area (Å²) in [7, 11) is 0. The van der Waals surface area contributed by atoms with E-state index in [2.05, 4.69) is 5.32 Å². The average Bonchev–Trinajstić information content (AvgIpc) is 2.77. The Morgan fingerprint density at radius 2 is 2.00 bits per heavy atom. The lowest BCUT2D eigenvalue weighted by Crippen LogP contribution is -2.49. The topological polar surface area (TPSA) is 55.1 Å². The number of carbonyl (C=O) groups is 1. The van der Waals surface area contributed by atoms with E-state index in [1.54, 1.807) is 0 Å². The van der Waals surface area contributed by atoms with Crippen LogP contribution in [0.4, 0.5) is 0 Å². The van der Waals surface area contributed by atoms with Crippen molar-refractivity contribution in [3.05, 3.63) is 0 Å². The third-order valence-corrected chi connectivity index (χ3v) is 4.09. The quantitative estimate of drug-likeness (QED) is 0.797. The van der Waals surface area contributed by atoms with Gasteiger partial charge in [0.2, 0.25) is 5.91 Å². The van der Waals surface area contributed by atoms with Crippen molar-refractivity contribution in [1.29, 1.82) is 0 Å². The summed E-state index contributed by atoms with van der Waals surface area (Å²) in [6, 6.07) is 0.0742. The lowest BCUT2D eigenvalue weighted by Gasteiger charge is -2.25. The van der Waals surface area contributed by atoms with Crippen molar-refractivity contribution in [2.45, 2.75) is 51.6 Å². The van der Waals surface area contributed by atoms with Crippen LogP contribution in [0.1, 0.15) is 39.5 Å². The number of rotatable bonds is 3. The molecule has 2 aliphatic rings. The molecule has 0 aliphatic heterocycles. The molecule has 3 nitrogen and oxygen atoms in total. The normalized spacial score (nSPS) is 33.6. The van der Waals surface area contributed by atoms with E-state index in [4.69, 9.17) is 5.73 Å². The fraction of sp³-hybridized carbons (Fsp3) is 0.917. The second-order valence-electron chi connectivity index (χ2n) is 5.56. The first-order valence-corrected chi connectivity index (χ1v) is 6.14. The first kappa shape index (κ1) is 13.8. The molecule has 0 aromatic heterocycles. The molecule has 3 unspecified atom stereocenters. The summed E-state index contributed by atoms with van der Waals surface area (Å²) in [5.74, 6) is 1.88. The van der Waals surface area contributed by atoms with Crippen LogP contribution in [0.5, 0.6) is 0 Å². The molecule has 0 aromatic rings. The van der Waals surface area contributed by atoms with Crippen LogP contribution in [0.25, 0.3) is 0 Å². The van der Waals surface area contributed by atoms with Gasteiger partial charge >= 0.3 is 0 Å². The first-order valence-electron chi connectivity index (χ1n) is 6.14. The Morgan fingerprint density at radius 1 is 1.31 bits per heavy atom. The van der Waals surface area contributed by atoms with Crippen molar-refractivity contribution in [2.75, 3.05) is 0 Å². The van der Waals surface area contributed by atoms with Crippen LogP contribution in [0.2, 0.25) is 0 Å². The highest BCUT2D eigenvalue weighted by Crippen LogP contribution is 2.44. The SMILES string of the molecule is CC(C)[C@@H](N)C(=O)NC1CC2CCC1C2.Cl. The number of hydrogen-bond donors (Lipinski definition) is 2. The van der Waals surface area contributed by atoms with Crippen LogP contribution in [0.15, 0.2) is 0 Å². The zero-order valence-electron chi connectivity index (χ0n) is 10.1. The van der Waals surface area contributed by atoms with Gasteiger partial charge in [-0.3, -0.25) is 4.79 Å². The highest BCUT2D eigenvalue weighted by Gasteiger charge is 2.40. The van der Waals surface area contributed by atoms with E-state index in [0.717, 1.165) is 11.8 Å². The minimum atomic E-state index is -0.343. The van der Waals surface area contributed by atoms with Gasteiger partial charge in [-0.25, -0.2) is 0 Å². The molecule has 0 heterocycles. The molecule has 2 saturated carbocycles. The minimum Gasteiger partial charge on any atom is -0.352 e. The Labute approximate surface area is 104 Å². The number of halogens is 1. The third kappa shape index (κ3) is 2.69. The van der Waals surface area contributed by atoms with Crippen molar-refractivity contribution in [1.82, 2.24) is 5.32 Å². The molecule has 0 radical (unpaired) electrons. The summed E-state index contributed by atoms with van der Waals surface area (Å²) < 4.78 is 0. The van der Waals surface area contributed by atoms with Gasteiger partial charge in [-0.1, -0.05) is 20.3 Å². The Balaban J connectivity index is 0.00000128. The summed E-state index contributed by atoms with van der Waals surface area (Å²) in [5, 5.41) is 3.13. The molecule has 4 atom stereocenters. The molecule has 3 N–H and O–H groups in total. The second kappa shape index (κ2) is 5.37. The summed E-state index contributed by atoms with van der Waals surface area (Å²) >= 11 is 0. The van der Waals surface area contributed by atoms with Gasteiger partial charge in [0.25, 0.3) is 0 Å².